The lowest BCUT2D eigenvalue weighted by Crippen LogP contribution is -2.27. The molecular formula is C18H15N5O3. The normalized spacial score (nSPS) is 12.7. The number of fused-ring (bicyclic) bond motifs is 1. The zero-order chi connectivity index (χ0) is 17.9. The molecule has 0 spiro atoms. The first-order valence-electron chi connectivity index (χ1n) is 7.99. The fourth-order valence-corrected chi connectivity index (χ4v) is 2.66. The maximum absolute atomic E-state index is 12.5. The molecule has 0 saturated carbocycles. The first-order chi connectivity index (χ1) is 12.7. The Bertz CT molecular complexity index is 969. The molecule has 0 saturated heterocycles. The molecular weight excluding hydrogens is 334 g/mol. The summed E-state index contributed by atoms with van der Waals surface area (Å²) < 4.78 is 6.99. The number of carbonyl (C=O) groups is 2. The molecule has 3 aromatic rings. The van der Waals surface area contributed by atoms with E-state index in [-0.39, 0.29) is 18.4 Å². The summed E-state index contributed by atoms with van der Waals surface area (Å²) in [5, 5.41) is 9.74. The van der Waals surface area contributed by atoms with E-state index < -0.39 is 0 Å². The smallest absolute Gasteiger partial charge is 0.262 e. The summed E-state index contributed by atoms with van der Waals surface area (Å²) in [6.07, 6.45) is 5.14. The second-order valence-electron chi connectivity index (χ2n) is 5.67. The van der Waals surface area contributed by atoms with Gasteiger partial charge in [0.05, 0.1) is 5.69 Å². The minimum atomic E-state index is -0.247. The lowest BCUT2D eigenvalue weighted by Gasteiger charge is -2.18. The highest BCUT2D eigenvalue weighted by atomic mass is 16.5. The quantitative estimate of drug-likeness (QED) is 0.744. The molecule has 0 radical (unpaired) electrons. The van der Waals surface area contributed by atoms with Crippen LogP contribution in [0.1, 0.15) is 15.9 Å². The molecule has 0 bridgehead atoms. The minimum Gasteiger partial charge on any atom is -0.482 e. The third kappa shape index (κ3) is 3.12. The van der Waals surface area contributed by atoms with Crippen LogP contribution >= 0.6 is 0 Å². The molecule has 0 unspecified atom stereocenters. The number of aromatic nitrogens is 3. The Labute approximate surface area is 148 Å². The highest BCUT2D eigenvalue weighted by Gasteiger charge is 2.18. The highest BCUT2D eigenvalue weighted by molar-refractivity contribution is 5.98. The Hall–Kier alpha value is -3.68. The topological polar surface area (TPSA) is 98.1 Å². The maximum atomic E-state index is 12.5. The van der Waals surface area contributed by atoms with Crippen LogP contribution in [0.3, 0.4) is 0 Å². The number of anilines is 1. The molecule has 0 fully saturated rings. The van der Waals surface area contributed by atoms with Crippen molar-refractivity contribution >= 4 is 17.5 Å². The number of nitrogens with one attached hydrogen (secondary N) is 2. The molecule has 8 heteroatoms. The van der Waals surface area contributed by atoms with Crippen molar-refractivity contribution in [1.29, 1.82) is 0 Å². The lowest BCUT2D eigenvalue weighted by atomic mass is 10.1. The molecule has 2 amide bonds. The molecule has 26 heavy (non-hydrogen) atoms. The molecule has 4 rings (SSSR count). The molecule has 0 atom stereocenters. The molecule has 1 aliphatic rings. The number of amides is 2. The maximum Gasteiger partial charge on any atom is 0.262 e. The van der Waals surface area contributed by atoms with Crippen LogP contribution in [-0.4, -0.2) is 33.2 Å². The SMILES string of the molecule is O=C1COc2cc(C(=O)NCc3cccnc3-n3cccn3)ccc2N1. The van der Waals surface area contributed by atoms with Crippen molar-refractivity contribution in [3.63, 3.8) is 0 Å². The second-order valence-corrected chi connectivity index (χ2v) is 5.67. The average molecular weight is 349 g/mol. The molecule has 1 aromatic carbocycles. The summed E-state index contributed by atoms with van der Waals surface area (Å²) in [6, 6.07) is 10.4. The van der Waals surface area contributed by atoms with Crippen molar-refractivity contribution in [1.82, 2.24) is 20.1 Å². The van der Waals surface area contributed by atoms with E-state index in [0.29, 0.717) is 29.4 Å². The van der Waals surface area contributed by atoms with Gasteiger partial charge in [-0.1, -0.05) is 6.07 Å². The van der Waals surface area contributed by atoms with Crippen LogP contribution in [0.5, 0.6) is 5.75 Å². The number of hydrogen-bond acceptors (Lipinski definition) is 5. The number of carbonyl (C=O) groups excluding carboxylic acids is 2. The third-order valence-electron chi connectivity index (χ3n) is 3.90. The zero-order valence-corrected chi connectivity index (χ0v) is 13.7. The van der Waals surface area contributed by atoms with Crippen LogP contribution in [0.2, 0.25) is 0 Å². The number of nitrogens with zero attached hydrogens (tertiary/aromatic N) is 3. The molecule has 1 aliphatic heterocycles. The van der Waals surface area contributed by atoms with E-state index in [4.69, 9.17) is 4.74 Å². The van der Waals surface area contributed by atoms with Gasteiger partial charge in [0.2, 0.25) is 0 Å². The van der Waals surface area contributed by atoms with Gasteiger partial charge in [0.15, 0.2) is 12.4 Å². The first kappa shape index (κ1) is 15.8. The number of hydrogen-bond donors (Lipinski definition) is 2. The van der Waals surface area contributed by atoms with Crippen LogP contribution in [-0.2, 0) is 11.3 Å². The van der Waals surface area contributed by atoms with Gasteiger partial charge in [-0.3, -0.25) is 9.59 Å². The summed E-state index contributed by atoms with van der Waals surface area (Å²) in [4.78, 5) is 28.1. The van der Waals surface area contributed by atoms with E-state index in [2.05, 4.69) is 20.7 Å². The third-order valence-corrected chi connectivity index (χ3v) is 3.90. The van der Waals surface area contributed by atoms with Crippen molar-refractivity contribution in [2.45, 2.75) is 6.54 Å². The van der Waals surface area contributed by atoms with Crippen LogP contribution in [0, 0.1) is 0 Å². The molecule has 130 valence electrons. The lowest BCUT2D eigenvalue weighted by molar-refractivity contribution is -0.118. The van der Waals surface area contributed by atoms with Gasteiger partial charge in [0, 0.05) is 36.3 Å². The number of rotatable bonds is 4. The van der Waals surface area contributed by atoms with Crippen molar-refractivity contribution in [3.8, 4) is 11.6 Å². The van der Waals surface area contributed by atoms with Crippen molar-refractivity contribution in [2.24, 2.45) is 0 Å². The fourth-order valence-electron chi connectivity index (χ4n) is 2.66. The van der Waals surface area contributed by atoms with Crippen LogP contribution in [0.15, 0.2) is 55.0 Å². The van der Waals surface area contributed by atoms with E-state index in [1.54, 1.807) is 41.5 Å². The monoisotopic (exact) mass is 349 g/mol. The summed E-state index contributed by atoms with van der Waals surface area (Å²) >= 11 is 0. The Morgan fingerprint density at radius 1 is 1.27 bits per heavy atom. The van der Waals surface area contributed by atoms with E-state index in [9.17, 15) is 9.59 Å². The summed E-state index contributed by atoms with van der Waals surface area (Å²) in [7, 11) is 0. The Kier molecular flexibility index (Phi) is 4.06. The van der Waals surface area contributed by atoms with Crippen molar-refractivity contribution in [2.75, 3.05) is 11.9 Å². The standard InChI is InChI=1S/C18H15N5O3/c24-16-11-26-15-9-12(4-5-14(15)22-16)18(25)20-10-13-3-1-6-19-17(13)23-8-2-7-21-23/h1-9H,10-11H2,(H,20,25)(H,22,24). The van der Waals surface area contributed by atoms with Gasteiger partial charge < -0.3 is 15.4 Å². The zero-order valence-electron chi connectivity index (χ0n) is 13.7. The van der Waals surface area contributed by atoms with Crippen molar-refractivity contribution < 1.29 is 14.3 Å². The highest BCUT2D eigenvalue weighted by Crippen LogP contribution is 2.28. The van der Waals surface area contributed by atoms with Gasteiger partial charge >= 0.3 is 0 Å². The van der Waals surface area contributed by atoms with Gasteiger partial charge in [-0.2, -0.15) is 5.10 Å². The number of benzene rings is 1. The fraction of sp³-hybridized carbons (Fsp3) is 0.111. The van der Waals surface area contributed by atoms with E-state index in [1.807, 2.05) is 18.2 Å². The van der Waals surface area contributed by atoms with Gasteiger partial charge in [-0.25, -0.2) is 9.67 Å². The predicted molar refractivity (Wildman–Crippen MR) is 93.1 cm³/mol. The van der Waals surface area contributed by atoms with E-state index >= 15 is 0 Å². The Balaban J connectivity index is 1.49. The summed E-state index contributed by atoms with van der Waals surface area (Å²) in [5.74, 6) is 0.686. The minimum absolute atomic E-state index is 0.0546. The number of ether oxygens (including phenoxy) is 1. The second kappa shape index (κ2) is 6.67. The largest absolute Gasteiger partial charge is 0.482 e. The van der Waals surface area contributed by atoms with Crippen LogP contribution < -0.4 is 15.4 Å². The van der Waals surface area contributed by atoms with E-state index in [1.165, 1.54) is 0 Å². The average Bonchev–Trinajstić information content (AvgIpc) is 3.20. The van der Waals surface area contributed by atoms with Gasteiger partial charge in [-0.05, 0) is 30.3 Å². The predicted octanol–water partition coefficient (Wildman–Crippen LogP) is 1.53. The molecule has 0 aliphatic carbocycles. The summed E-state index contributed by atoms with van der Waals surface area (Å²) in [5.41, 5.74) is 1.85. The van der Waals surface area contributed by atoms with Crippen LogP contribution in [0.4, 0.5) is 5.69 Å². The van der Waals surface area contributed by atoms with Gasteiger partial charge in [0.25, 0.3) is 11.8 Å². The molecule has 2 N–H and O–H groups in total. The van der Waals surface area contributed by atoms with Gasteiger partial charge in [0.1, 0.15) is 5.75 Å². The molecule has 2 aromatic heterocycles. The first-order valence-corrected chi connectivity index (χ1v) is 7.99. The Morgan fingerprint density at radius 3 is 3.04 bits per heavy atom. The Morgan fingerprint density at radius 2 is 2.19 bits per heavy atom. The molecule has 3 heterocycles. The van der Waals surface area contributed by atoms with Crippen molar-refractivity contribution in [3.05, 3.63) is 66.1 Å². The number of pyridine rings is 1. The molecule has 8 nitrogen and oxygen atoms in total. The van der Waals surface area contributed by atoms with Gasteiger partial charge in [-0.15, -0.1) is 0 Å². The van der Waals surface area contributed by atoms with E-state index in [0.717, 1.165) is 5.56 Å². The summed E-state index contributed by atoms with van der Waals surface area (Å²) in [6.45, 7) is 0.248. The van der Waals surface area contributed by atoms with Crippen LogP contribution in [0.25, 0.3) is 5.82 Å².